The number of hydrogen-bond donors (Lipinski definition) is 1. The summed E-state index contributed by atoms with van der Waals surface area (Å²) in [7, 11) is 0. The normalized spacial score (nSPS) is 22.9. The SMILES string of the molecule is CC(C)C(C)C(=O)N1CCC(C2CCCN(C(=O)Cc3cnc[nH]3)CC2)CC1. The molecular formula is C22H36N4O2. The first-order valence-electron chi connectivity index (χ1n) is 11.0. The number of hydrogen-bond acceptors (Lipinski definition) is 3. The minimum Gasteiger partial charge on any atom is -0.348 e. The van der Waals surface area contributed by atoms with Crippen LogP contribution in [-0.2, 0) is 16.0 Å². The zero-order chi connectivity index (χ0) is 20.1. The third-order valence-corrected chi connectivity index (χ3v) is 6.93. The summed E-state index contributed by atoms with van der Waals surface area (Å²) in [5.74, 6) is 2.42. The van der Waals surface area contributed by atoms with Crippen molar-refractivity contribution in [1.82, 2.24) is 19.8 Å². The van der Waals surface area contributed by atoms with E-state index in [1.54, 1.807) is 12.5 Å². The van der Waals surface area contributed by atoms with Crippen molar-refractivity contribution in [3.63, 3.8) is 0 Å². The number of likely N-dealkylation sites (tertiary alicyclic amines) is 2. The van der Waals surface area contributed by atoms with Crippen LogP contribution in [0, 0.1) is 23.7 Å². The summed E-state index contributed by atoms with van der Waals surface area (Å²) in [5, 5.41) is 0. The fraction of sp³-hybridized carbons (Fsp3) is 0.773. The van der Waals surface area contributed by atoms with Crippen LogP contribution >= 0.6 is 0 Å². The molecule has 156 valence electrons. The van der Waals surface area contributed by atoms with Crippen molar-refractivity contribution in [1.29, 1.82) is 0 Å². The molecule has 2 unspecified atom stereocenters. The lowest BCUT2D eigenvalue weighted by Gasteiger charge is -2.37. The van der Waals surface area contributed by atoms with Gasteiger partial charge in [0.2, 0.25) is 11.8 Å². The van der Waals surface area contributed by atoms with Gasteiger partial charge in [-0.25, -0.2) is 4.98 Å². The fourth-order valence-electron chi connectivity index (χ4n) is 4.66. The molecule has 0 aromatic carbocycles. The number of imidazole rings is 1. The van der Waals surface area contributed by atoms with Crippen LogP contribution in [0.4, 0.5) is 0 Å². The lowest BCUT2D eigenvalue weighted by Crippen LogP contribution is -2.43. The first-order chi connectivity index (χ1) is 13.5. The van der Waals surface area contributed by atoms with E-state index in [1.165, 1.54) is 6.42 Å². The molecule has 1 aromatic heterocycles. The van der Waals surface area contributed by atoms with Crippen LogP contribution in [0.2, 0.25) is 0 Å². The van der Waals surface area contributed by atoms with Crippen molar-refractivity contribution in [2.75, 3.05) is 26.2 Å². The molecule has 1 N–H and O–H groups in total. The van der Waals surface area contributed by atoms with Crippen LogP contribution in [0.1, 0.15) is 58.6 Å². The molecule has 0 spiro atoms. The van der Waals surface area contributed by atoms with E-state index < -0.39 is 0 Å². The molecule has 2 fully saturated rings. The first kappa shape index (κ1) is 20.9. The molecule has 6 nitrogen and oxygen atoms in total. The summed E-state index contributed by atoms with van der Waals surface area (Å²) in [4.78, 5) is 36.3. The number of rotatable bonds is 5. The molecule has 2 amide bonds. The predicted octanol–water partition coefficient (Wildman–Crippen LogP) is 3.11. The van der Waals surface area contributed by atoms with E-state index in [9.17, 15) is 9.59 Å². The lowest BCUT2D eigenvalue weighted by atomic mass is 9.80. The lowest BCUT2D eigenvalue weighted by molar-refractivity contribution is -0.138. The Labute approximate surface area is 169 Å². The molecule has 2 aliphatic rings. The molecule has 0 saturated carbocycles. The van der Waals surface area contributed by atoms with E-state index in [-0.39, 0.29) is 11.8 Å². The third kappa shape index (κ3) is 5.15. The Bertz CT molecular complexity index is 635. The average Bonchev–Trinajstić information content (AvgIpc) is 3.08. The maximum Gasteiger partial charge on any atom is 0.228 e. The molecule has 0 radical (unpaired) electrons. The zero-order valence-corrected chi connectivity index (χ0v) is 17.7. The number of nitrogens with zero attached hydrogens (tertiary/aromatic N) is 3. The Kier molecular flexibility index (Phi) is 7.13. The molecule has 3 heterocycles. The number of aromatic amines is 1. The fourth-order valence-corrected chi connectivity index (χ4v) is 4.66. The molecule has 28 heavy (non-hydrogen) atoms. The Morgan fingerprint density at radius 1 is 1.04 bits per heavy atom. The van der Waals surface area contributed by atoms with Gasteiger partial charge in [-0.3, -0.25) is 9.59 Å². The highest BCUT2D eigenvalue weighted by Gasteiger charge is 2.32. The van der Waals surface area contributed by atoms with Crippen molar-refractivity contribution in [3.05, 3.63) is 18.2 Å². The minimum atomic E-state index is 0.115. The summed E-state index contributed by atoms with van der Waals surface area (Å²) in [6, 6.07) is 0. The van der Waals surface area contributed by atoms with Gasteiger partial charge in [0.1, 0.15) is 0 Å². The van der Waals surface area contributed by atoms with Crippen LogP contribution in [0.3, 0.4) is 0 Å². The molecular weight excluding hydrogens is 352 g/mol. The number of nitrogens with one attached hydrogen (secondary N) is 1. The van der Waals surface area contributed by atoms with Crippen LogP contribution < -0.4 is 0 Å². The number of carbonyl (C=O) groups is 2. The number of carbonyl (C=O) groups excluding carboxylic acids is 2. The Morgan fingerprint density at radius 3 is 2.29 bits per heavy atom. The van der Waals surface area contributed by atoms with E-state index in [0.29, 0.717) is 30.1 Å². The van der Waals surface area contributed by atoms with Gasteiger partial charge in [-0.05, 0) is 49.9 Å². The van der Waals surface area contributed by atoms with E-state index in [0.717, 1.165) is 57.6 Å². The number of aromatic nitrogens is 2. The van der Waals surface area contributed by atoms with Gasteiger partial charge in [0, 0.05) is 44.0 Å². The van der Waals surface area contributed by atoms with Crippen LogP contribution in [0.25, 0.3) is 0 Å². The van der Waals surface area contributed by atoms with Crippen molar-refractivity contribution in [3.8, 4) is 0 Å². The van der Waals surface area contributed by atoms with Crippen molar-refractivity contribution in [2.45, 2.75) is 59.3 Å². The average molecular weight is 389 g/mol. The second-order valence-electron chi connectivity index (χ2n) is 9.02. The van der Waals surface area contributed by atoms with Gasteiger partial charge in [0.25, 0.3) is 0 Å². The van der Waals surface area contributed by atoms with E-state index in [1.807, 2.05) is 4.90 Å². The van der Waals surface area contributed by atoms with Gasteiger partial charge in [-0.15, -0.1) is 0 Å². The van der Waals surface area contributed by atoms with Crippen LogP contribution in [-0.4, -0.2) is 57.8 Å². The molecule has 2 atom stereocenters. The Morgan fingerprint density at radius 2 is 1.68 bits per heavy atom. The summed E-state index contributed by atoms with van der Waals surface area (Å²) < 4.78 is 0. The van der Waals surface area contributed by atoms with Gasteiger partial charge in [0.05, 0.1) is 12.7 Å². The predicted molar refractivity (Wildman–Crippen MR) is 110 cm³/mol. The molecule has 6 heteroatoms. The van der Waals surface area contributed by atoms with E-state index >= 15 is 0 Å². The molecule has 2 aliphatic heterocycles. The van der Waals surface area contributed by atoms with Gasteiger partial charge < -0.3 is 14.8 Å². The summed E-state index contributed by atoms with van der Waals surface area (Å²) in [5.41, 5.74) is 0.887. The maximum absolute atomic E-state index is 12.6. The smallest absolute Gasteiger partial charge is 0.228 e. The van der Waals surface area contributed by atoms with E-state index in [4.69, 9.17) is 0 Å². The largest absolute Gasteiger partial charge is 0.348 e. The molecule has 2 saturated heterocycles. The highest BCUT2D eigenvalue weighted by molar-refractivity contribution is 5.79. The second kappa shape index (κ2) is 9.57. The van der Waals surface area contributed by atoms with E-state index in [2.05, 4.69) is 35.6 Å². The highest BCUT2D eigenvalue weighted by Crippen LogP contribution is 2.33. The minimum absolute atomic E-state index is 0.115. The van der Waals surface area contributed by atoms with Gasteiger partial charge >= 0.3 is 0 Å². The number of H-pyrrole nitrogens is 1. The Hall–Kier alpha value is -1.85. The van der Waals surface area contributed by atoms with Crippen molar-refractivity contribution in [2.24, 2.45) is 23.7 Å². The van der Waals surface area contributed by atoms with Gasteiger partial charge in [0.15, 0.2) is 0 Å². The standard InChI is InChI=1S/C22H36N4O2/c1-16(2)17(3)22(28)26-11-7-19(8-12-26)18-5-4-9-25(10-6-18)21(27)13-20-14-23-15-24-20/h14-19H,4-13H2,1-3H3,(H,23,24). The molecule has 0 bridgehead atoms. The summed E-state index contributed by atoms with van der Waals surface area (Å²) in [6.45, 7) is 9.84. The summed E-state index contributed by atoms with van der Waals surface area (Å²) in [6.07, 6.45) is 9.38. The van der Waals surface area contributed by atoms with Gasteiger partial charge in [-0.1, -0.05) is 20.8 Å². The molecule has 3 rings (SSSR count). The monoisotopic (exact) mass is 388 g/mol. The maximum atomic E-state index is 12.6. The summed E-state index contributed by atoms with van der Waals surface area (Å²) >= 11 is 0. The van der Waals surface area contributed by atoms with Gasteiger partial charge in [-0.2, -0.15) is 0 Å². The second-order valence-corrected chi connectivity index (χ2v) is 9.02. The quantitative estimate of drug-likeness (QED) is 0.843. The van der Waals surface area contributed by atoms with Crippen LogP contribution in [0.15, 0.2) is 12.5 Å². The van der Waals surface area contributed by atoms with Crippen LogP contribution in [0.5, 0.6) is 0 Å². The first-order valence-corrected chi connectivity index (χ1v) is 11.0. The highest BCUT2D eigenvalue weighted by atomic mass is 16.2. The van der Waals surface area contributed by atoms with Crippen molar-refractivity contribution >= 4 is 11.8 Å². The number of amides is 2. The van der Waals surface area contributed by atoms with Crippen molar-refractivity contribution < 1.29 is 9.59 Å². The zero-order valence-electron chi connectivity index (χ0n) is 17.7. The third-order valence-electron chi connectivity index (χ3n) is 6.93. The topological polar surface area (TPSA) is 69.3 Å². The molecule has 0 aliphatic carbocycles. The molecule has 1 aromatic rings. The Balaban J connectivity index is 1.46. The number of piperidine rings is 1.